The van der Waals surface area contributed by atoms with E-state index in [0.29, 0.717) is 22.8 Å². The Balaban J connectivity index is 2.02. The molecule has 0 saturated carbocycles. The minimum atomic E-state index is -0.284. The normalized spacial score (nSPS) is 10.8. The molecule has 1 N–H and O–H groups in total. The fourth-order valence-corrected chi connectivity index (χ4v) is 2.24. The number of nitrogens with zero attached hydrogens (tertiary/aromatic N) is 2. The lowest BCUT2D eigenvalue weighted by Crippen LogP contribution is -2.12. The number of carbonyl (C=O) groups excluding carboxylic acids is 1. The van der Waals surface area contributed by atoms with E-state index in [2.05, 4.69) is 31.2 Å². The van der Waals surface area contributed by atoms with Crippen molar-refractivity contribution in [1.29, 1.82) is 0 Å². The number of anilines is 1. The van der Waals surface area contributed by atoms with Crippen LogP contribution in [0.2, 0.25) is 0 Å². The Hall–Kier alpha value is -1.92. The molecule has 0 aliphatic carbocycles. The monoisotopic (exact) mass is 365 g/mol. The number of benzene rings is 1. The molecule has 1 aromatic carbocycles. The van der Waals surface area contributed by atoms with Crippen LogP contribution in [-0.4, -0.2) is 21.8 Å². The molecule has 0 bridgehead atoms. The molecule has 1 amide bonds. The number of fused-ring (bicyclic) bond motifs is 1. The Morgan fingerprint density at radius 3 is 3.00 bits per heavy atom. The molecule has 2 aromatic heterocycles. The number of halogens is 2. The first-order valence-corrected chi connectivity index (χ1v) is 7.37. The van der Waals surface area contributed by atoms with Crippen LogP contribution in [-0.2, 0) is 4.79 Å². The summed E-state index contributed by atoms with van der Waals surface area (Å²) in [5.41, 5.74) is 2.50. The predicted molar refractivity (Wildman–Crippen MR) is 84.3 cm³/mol. The summed E-state index contributed by atoms with van der Waals surface area (Å²) in [5, 5.41) is 2.70. The van der Waals surface area contributed by atoms with Gasteiger partial charge in [-0.2, -0.15) is 4.98 Å². The second kappa shape index (κ2) is 5.83. The van der Waals surface area contributed by atoms with Crippen LogP contribution in [0.15, 0.2) is 45.4 Å². The number of carbonyl (C=O) groups is 1. The highest BCUT2D eigenvalue weighted by molar-refractivity contribution is 9.10. The van der Waals surface area contributed by atoms with E-state index in [0.717, 1.165) is 10.0 Å². The molecule has 0 saturated heterocycles. The molecule has 0 aliphatic rings. The van der Waals surface area contributed by atoms with Crippen molar-refractivity contribution in [3.63, 3.8) is 0 Å². The fraction of sp³-hybridized carbons (Fsp3) is 0.0714. The number of aromatic nitrogens is 2. The van der Waals surface area contributed by atoms with Crippen molar-refractivity contribution in [2.45, 2.75) is 0 Å². The van der Waals surface area contributed by atoms with Crippen LogP contribution in [0.1, 0.15) is 0 Å². The van der Waals surface area contributed by atoms with Crippen molar-refractivity contribution in [1.82, 2.24) is 9.97 Å². The second-order valence-corrected chi connectivity index (χ2v) is 5.34. The van der Waals surface area contributed by atoms with Crippen LogP contribution in [0.25, 0.3) is 22.7 Å². The van der Waals surface area contributed by atoms with Gasteiger partial charge in [0.25, 0.3) is 0 Å². The Morgan fingerprint density at radius 1 is 1.38 bits per heavy atom. The van der Waals surface area contributed by atoms with Crippen molar-refractivity contribution in [3.05, 3.63) is 41.0 Å². The van der Waals surface area contributed by atoms with Crippen LogP contribution >= 0.6 is 27.5 Å². The van der Waals surface area contributed by atoms with Crippen LogP contribution in [0.3, 0.4) is 0 Å². The topological polar surface area (TPSA) is 68.0 Å². The van der Waals surface area contributed by atoms with Gasteiger partial charge in [0.05, 0.1) is 5.69 Å². The lowest BCUT2D eigenvalue weighted by Gasteiger charge is -2.07. The zero-order valence-electron chi connectivity index (χ0n) is 10.6. The van der Waals surface area contributed by atoms with Crippen molar-refractivity contribution in [2.24, 2.45) is 0 Å². The summed E-state index contributed by atoms with van der Waals surface area (Å²) in [6, 6.07) is 8.99. The maximum Gasteiger partial charge on any atom is 0.239 e. The first-order chi connectivity index (χ1) is 10.2. The SMILES string of the molecule is O=C(CCl)Nc1cc(-c2nc3ncccc3o2)ccc1Br. The van der Waals surface area contributed by atoms with Gasteiger partial charge in [0.15, 0.2) is 11.2 Å². The first-order valence-electron chi connectivity index (χ1n) is 6.04. The van der Waals surface area contributed by atoms with Gasteiger partial charge in [0.1, 0.15) is 5.88 Å². The third kappa shape index (κ3) is 2.91. The smallest absolute Gasteiger partial charge is 0.239 e. The Bertz CT molecular complexity index is 786. The average Bonchev–Trinajstić information content (AvgIpc) is 2.93. The average molecular weight is 367 g/mol. The number of nitrogens with one attached hydrogen (secondary N) is 1. The molecule has 7 heteroatoms. The molecule has 106 valence electrons. The lowest BCUT2D eigenvalue weighted by atomic mass is 10.2. The van der Waals surface area contributed by atoms with E-state index < -0.39 is 0 Å². The van der Waals surface area contributed by atoms with E-state index in [1.807, 2.05) is 12.1 Å². The van der Waals surface area contributed by atoms with E-state index in [-0.39, 0.29) is 11.8 Å². The Kier molecular flexibility index (Phi) is 3.90. The van der Waals surface area contributed by atoms with Gasteiger partial charge in [0, 0.05) is 16.2 Å². The van der Waals surface area contributed by atoms with E-state index in [1.165, 1.54) is 0 Å². The van der Waals surface area contributed by atoms with Crippen molar-refractivity contribution < 1.29 is 9.21 Å². The fourth-order valence-electron chi connectivity index (χ4n) is 1.83. The highest BCUT2D eigenvalue weighted by Gasteiger charge is 2.12. The molecule has 0 unspecified atom stereocenters. The molecule has 3 aromatic rings. The molecule has 0 fully saturated rings. The largest absolute Gasteiger partial charge is 0.434 e. The van der Waals surface area contributed by atoms with Gasteiger partial charge in [-0.3, -0.25) is 4.79 Å². The number of oxazole rings is 1. The number of pyridine rings is 1. The lowest BCUT2D eigenvalue weighted by molar-refractivity contribution is -0.113. The zero-order valence-corrected chi connectivity index (χ0v) is 13.0. The van der Waals surface area contributed by atoms with E-state index in [9.17, 15) is 4.79 Å². The molecule has 0 radical (unpaired) electrons. The molecule has 2 heterocycles. The zero-order chi connectivity index (χ0) is 14.8. The summed E-state index contributed by atoms with van der Waals surface area (Å²) >= 11 is 8.87. The maximum absolute atomic E-state index is 11.4. The Morgan fingerprint density at radius 2 is 2.24 bits per heavy atom. The summed E-state index contributed by atoms with van der Waals surface area (Å²) < 4.78 is 6.40. The molecule has 5 nitrogen and oxygen atoms in total. The maximum atomic E-state index is 11.4. The first kappa shape index (κ1) is 14.0. The third-order valence-corrected chi connectivity index (χ3v) is 3.71. The minimum Gasteiger partial charge on any atom is -0.434 e. The molecule has 0 atom stereocenters. The highest BCUT2D eigenvalue weighted by atomic mass is 79.9. The summed E-state index contributed by atoms with van der Waals surface area (Å²) in [6.45, 7) is 0. The highest BCUT2D eigenvalue weighted by Crippen LogP contribution is 2.30. The van der Waals surface area contributed by atoms with Gasteiger partial charge in [-0.05, 0) is 46.3 Å². The Labute approximate surface area is 133 Å². The second-order valence-electron chi connectivity index (χ2n) is 4.22. The van der Waals surface area contributed by atoms with Gasteiger partial charge in [0.2, 0.25) is 11.8 Å². The number of hydrogen-bond donors (Lipinski definition) is 1. The van der Waals surface area contributed by atoms with Gasteiger partial charge in [-0.1, -0.05) is 0 Å². The van der Waals surface area contributed by atoms with Crippen LogP contribution in [0, 0.1) is 0 Å². The molecule has 3 rings (SSSR count). The van der Waals surface area contributed by atoms with Crippen LogP contribution in [0.5, 0.6) is 0 Å². The van der Waals surface area contributed by atoms with Crippen LogP contribution < -0.4 is 5.32 Å². The molecule has 21 heavy (non-hydrogen) atoms. The standard InChI is InChI=1S/C14H9BrClN3O2/c15-9-4-3-8(6-10(9)18-12(20)7-16)14-19-13-11(21-14)2-1-5-17-13/h1-6H,7H2,(H,18,20). The molecular weight excluding hydrogens is 358 g/mol. The molecule has 0 spiro atoms. The van der Waals surface area contributed by atoms with E-state index in [1.54, 1.807) is 24.4 Å². The van der Waals surface area contributed by atoms with Crippen LogP contribution in [0.4, 0.5) is 5.69 Å². The number of hydrogen-bond acceptors (Lipinski definition) is 4. The number of alkyl halides is 1. The van der Waals surface area contributed by atoms with Gasteiger partial charge < -0.3 is 9.73 Å². The molecule has 0 aliphatic heterocycles. The van der Waals surface area contributed by atoms with Crippen molar-refractivity contribution in [3.8, 4) is 11.5 Å². The van der Waals surface area contributed by atoms with E-state index >= 15 is 0 Å². The van der Waals surface area contributed by atoms with Gasteiger partial charge in [-0.15, -0.1) is 11.6 Å². The number of amides is 1. The summed E-state index contributed by atoms with van der Waals surface area (Å²) in [7, 11) is 0. The summed E-state index contributed by atoms with van der Waals surface area (Å²) in [4.78, 5) is 19.9. The summed E-state index contributed by atoms with van der Waals surface area (Å²) in [5.74, 6) is 0.0510. The minimum absolute atomic E-state index is 0.108. The molecular formula is C14H9BrClN3O2. The summed E-state index contributed by atoms with van der Waals surface area (Å²) in [6.07, 6.45) is 1.66. The number of rotatable bonds is 3. The van der Waals surface area contributed by atoms with Crippen molar-refractivity contribution >= 4 is 50.4 Å². The quantitative estimate of drug-likeness (QED) is 0.715. The van der Waals surface area contributed by atoms with Crippen molar-refractivity contribution in [2.75, 3.05) is 11.2 Å². The van der Waals surface area contributed by atoms with Gasteiger partial charge in [-0.25, -0.2) is 4.98 Å². The van der Waals surface area contributed by atoms with Gasteiger partial charge >= 0.3 is 0 Å². The third-order valence-electron chi connectivity index (χ3n) is 2.77. The predicted octanol–water partition coefficient (Wildman–Crippen LogP) is 3.83. The van der Waals surface area contributed by atoms with E-state index in [4.69, 9.17) is 16.0 Å².